The van der Waals surface area contributed by atoms with E-state index in [1.54, 1.807) is 0 Å². The fourth-order valence-corrected chi connectivity index (χ4v) is 7.49. The van der Waals surface area contributed by atoms with Gasteiger partial charge < -0.3 is 14.7 Å². The highest BCUT2D eigenvalue weighted by Crippen LogP contribution is 2.43. The molecular formula is C34H39N7O2. The highest BCUT2D eigenvalue weighted by molar-refractivity contribution is 5.93. The number of hydrogen-bond donors (Lipinski definition) is 1. The number of aromatic nitrogens is 4. The van der Waals surface area contributed by atoms with Crippen LogP contribution in [0.4, 0.5) is 11.5 Å². The van der Waals surface area contributed by atoms with Crippen molar-refractivity contribution in [3.8, 4) is 5.69 Å². The SMILES string of the molecule is C=CC(=O)N1CC2(CCN(c3nc(=O)n(-c4ccccc4C(C)C)c4c3CCN(c3c(C)ccc5[nH]ncc35)C4)CC2)C1. The van der Waals surface area contributed by atoms with E-state index in [1.165, 1.54) is 17.2 Å². The Bertz CT molecular complexity index is 1790. The zero-order valence-electron chi connectivity index (χ0n) is 25.3. The first kappa shape index (κ1) is 27.4. The second kappa shape index (κ2) is 10.4. The van der Waals surface area contributed by atoms with Crippen molar-refractivity contribution in [3.63, 3.8) is 0 Å². The maximum atomic E-state index is 14.1. The highest BCUT2D eigenvalue weighted by Gasteiger charge is 2.46. The lowest BCUT2D eigenvalue weighted by molar-refractivity contribution is -0.139. The van der Waals surface area contributed by atoms with Crippen LogP contribution in [0.2, 0.25) is 0 Å². The summed E-state index contributed by atoms with van der Waals surface area (Å²) in [6, 6.07) is 12.4. The van der Waals surface area contributed by atoms with E-state index in [0.717, 1.165) is 91.3 Å². The number of carbonyl (C=O) groups is 1. The standard InChI is InChI=1S/C34H39N7O2/c1-5-30(42)40-20-34(21-40)13-16-38(17-14-34)32-25-12-15-39(31-23(4)10-11-27-26(31)18-35-37-27)19-29(25)41(33(43)36-32)28-9-7-6-8-24(28)22(2)3/h5-11,18,22H,1,12-17,19-21H2,2-4H3,(H,35,37). The number of nitrogens with one attached hydrogen (secondary N) is 1. The fraction of sp³-hybridized carbons (Fsp3) is 0.412. The van der Waals surface area contributed by atoms with E-state index in [2.05, 4.69) is 71.6 Å². The lowest BCUT2D eigenvalue weighted by Crippen LogP contribution is -2.61. The number of aromatic amines is 1. The van der Waals surface area contributed by atoms with Crippen LogP contribution in [0.1, 0.15) is 55.0 Å². The van der Waals surface area contributed by atoms with Gasteiger partial charge in [0.05, 0.1) is 35.3 Å². The number of carbonyl (C=O) groups excluding carboxylic acids is 1. The van der Waals surface area contributed by atoms with Crippen LogP contribution in [0.3, 0.4) is 0 Å². The van der Waals surface area contributed by atoms with Crippen LogP contribution in [0.5, 0.6) is 0 Å². The van der Waals surface area contributed by atoms with Crippen molar-refractivity contribution in [2.75, 3.05) is 42.5 Å². The minimum Gasteiger partial charge on any atom is -0.365 e. The number of rotatable bonds is 5. The number of nitrogens with zero attached hydrogens (tertiary/aromatic N) is 6. The van der Waals surface area contributed by atoms with Crippen LogP contribution >= 0.6 is 0 Å². The van der Waals surface area contributed by atoms with Gasteiger partial charge in [0.15, 0.2) is 0 Å². The lowest BCUT2D eigenvalue weighted by atomic mass is 9.72. The molecule has 1 amide bonds. The van der Waals surface area contributed by atoms with Gasteiger partial charge in [-0.3, -0.25) is 14.5 Å². The summed E-state index contributed by atoms with van der Waals surface area (Å²) in [6.45, 7) is 14.8. The number of likely N-dealkylation sites (tertiary alicyclic amines) is 1. The normalized spacial score (nSPS) is 17.8. The van der Waals surface area contributed by atoms with E-state index < -0.39 is 0 Å². The second-order valence-corrected chi connectivity index (χ2v) is 12.8. The molecule has 2 aromatic heterocycles. The predicted octanol–water partition coefficient (Wildman–Crippen LogP) is 4.72. The third kappa shape index (κ3) is 4.53. The molecule has 5 heterocycles. The molecule has 1 N–H and O–H groups in total. The topological polar surface area (TPSA) is 90.4 Å². The van der Waals surface area contributed by atoms with Crippen molar-refractivity contribution in [1.82, 2.24) is 24.6 Å². The van der Waals surface area contributed by atoms with Gasteiger partial charge in [-0.15, -0.1) is 0 Å². The molecule has 3 aliphatic heterocycles. The molecule has 9 heteroatoms. The Hall–Kier alpha value is -4.40. The summed E-state index contributed by atoms with van der Waals surface area (Å²) in [7, 11) is 0. The molecule has 0 atom stereocenters. The van der Waals surface area contributed by atoms with E-state index in [0.29, 0.717) is 6.54 Å². The Kier molecular flexibility index (Phi) is 6.63. The number of hydrogen-bond acceptors (Lipinski definition) is 6. The molecule has 4 aromatic rings. The molecule has 9 nitrogen and oxygen atoms in total. The summed E-state index contributed by atoms with van der Waals surface area (Å²) in [4.78, 5) is 37.6. The van der Waals surface area contributed by atoms with E-state index >= 15 is 0 Å². The zero-order chi connectivity index (χ0) is 29.9. The largest absolute Gasteiger partial charge is 0.365 e. The number of para-hydroxylation sites is 1. The summed E-state index contributed by atoms with van der Waals surface area (Å²) in [6.07, 6.45) is 6.07. The van der Waals surface area contributed by atoms with Gasteiger partial charge in [-0.2, -0.15) is 10.1 Å². The monoisotopic (exact) mass is 577 g/mol. The van der Waals surface area contributed by atoms with E-state index in [-0.39, 0.29) is 22.9 Å². The summed E-state index contributed by atoms with van der Waals surface area (Å²) in [5.74, 6) is 1.11. The summed E-state index contributed by atoms with van der Waals surface area (Å²) in [5, 5.41) is 8.53. The van der Waals surface area contributed by atoms with Crippen molar-refractivity contribution in [3.05, 3.63) is 88.1 Å². The van der Waals surface area contributed by atoms with E-state index in [1.807, 2.05) is 27.8 Å². The first-order valence-electron chi connectivity index (χ1n) is 15.4. The first-order chi connectivity index (χ1) is 20.8. The number of piperidine rings is 1. The second-order valence-electron chi connectivity index (χ2n) is 12.8. The average Bonchev–Trinajstić information content (AvgIpc) is 3.48. The van der Waals surface area contributed by atoms with Crippen LogP contribution < -0.4 is 15.5 Å². The Labute approximate surface area is 251 Å². The maximum absolute atomic E-state index is 14.1. The Balaban J connectivity index is 1.29. The quantitative estimate of drug-likeness (QED) is 0.346. The molecule has 2 aromatic carbocycles. The summed E-state index contributed by atoms with van der Waals surface area (Å²) >= 11 is 0. The molecule has 222 valence electrons. The average molecular weight is 578 g/mol. The molecule has 2 fully saturated rings. The minimum atomic E-state index is -0.228. The fourth-order valence-electron chi connectivity index (χ4n) is 7.49. The van der Waals surface area contributed by atoms with Crippen molar-refractivity contribution in [2.24, 2.45) is 5.41 Å². The molecule has 0 aliphatic carbocycles. The number of amides is 1. The van der Waals surface area contributed by atoms with Crippen LogP contribution in [-0.2, 0) is 17.8 Å². The number of anilines is 2. The van der Waals surface area contributed by atoms with Gasteiger partial charge in [-0.25, -0.2) is 4.79 Å². The van der Waals surface area contributed by atoms with Crippen LogP contribution in [0.25, 0.3) is 16.6 Å². The summed E-state index contributed by atoms with van der Waals surface area (Å²) < 4.78 is 1.88. The molecule has 43 heavy (non-hydrogen) atoms. The Morgan fingerprint density at radius 3 is 2.58 bits per heavy atom. The molecule has 2 saturated heterocycles. The van der Waals surface area contributed by atoms with Crippen molar-refractivity contribution in [1.29, 1.82) is 0 Å². The van der Waals surface area contributed by atoms with Gasteiger partial charge >= 0.3 is 5.69 Å². The van der Waals surface area contributed by atoms with Gasteiger partial charge in [0.1, 0.15) is 5.82 Å². The molecule has 0 saturated carbocycles. The third-order valence-corrected chi connectivity index (χ3v) is 9.83. The molecule has 1 spiro atoms. The zero-order valence-corrected chi connectivity index (χ0v) is 25.3. The van der Waals surface area contributed by atoms with Crippen LogP contribution in [-0.4, -0.2) is 63.3 Å². The molecule has 7 rings (SSSR count). The van der Waals surface area contributed by atoms with Crippen LogP contribution in [0, 0.1) is 12.3 Å². The van der Waals surface area contributed by atoms with Gasteiger partial charge in [-0.1, -0.05) is 44.7 Å². The van der Waals surface area contributed by atoms with Crippen LogP contribution in [0.15, 0.2) is 60.0 Å². The molecular weight excluding hydrogens is 538 g/mol. The Morgan fingerprint density at radius 1 is 1.07 bits per heavy atom. The predicted molar refractivity (Wildman–Crippen MR) is 170 cm³/mol. The number of H-pyrrole nitrogens is 1. The van der Waals surface area contributed by atoms with E-state index in [4.69, 9.17) is 4.98 Å². The lowest BCUT2D eigenvalue weighted by Gasteiger charge is -2.54. The number of fused-ring (bicyclic) bond motifs is 2. The molecule has 0 radical (unpaired) electrons. The first-order valence-corrected chi connectivity index (χ1v) is 15.4. The van der Waals surface area contributed by atoms with Gasteiger partial charge in [0.2, 0.25) is 5.91 Å². The molecule has 0 unspecified atom stereocenters. The maximum Gasteiger partial charge on any atom is 0.354 e. The van der Waals surface area contributed by atoms with Gasteiger partial charge in [-0.05, 0) is 61.4 Å². The summed E-state index contributed by atoms with van der Waals surface area (Å²) in [5.41, 5.74) is 7.53. The van der Waals surface area contributed by atoms with E-state index in [9.17, 15) is 9.59 Å². The minimum absolute atomic E-state index is 0.0139. The number of benzene rings is 2. The van der Waals surface area contributed by atoms with Gasteiger partial charge in [0.25, 0.3) is 0 Å². The van der Waals surface area contributed by atoms with Crippen molar-refractivity contribution in [2.45, 2.75) is 52.5 Å². The smallest absolute Gasteiger partial charge is 0.354 e. The number of aryl methyl sites for hydroxylation is 1. The van der Waals surface area contributed by atoms with Crippen molar-refractivity contribution < 1.29 is 4.79 Å². The highest BCUT2D eigenvalue weighted by atomic mass is 16.2. The molecule has 3 aliphatic rings. The third-order valence-electron chi connectivity index (χ3n) is 9.83. The Morgan fingerprint density at radius 2 is 1.84 bits per heavy atom. The van der Waals surface area contributed by atoms with Gasteiger partial charge in [0, 0.05) is 49.1 Å². The molecule has 0 bridgehead atoms. The van der Waals surface area contributed by atoms with Crippen molar-refractivity contribution >= 4 is 28.3 Å².